The van der Waals surface area contributed by atoms with Crippen molar-refractivity contribution in [3.8, 4) is 5.88 Å². The van der Waals surface area contributed by atoms with Crippen molar-refractivity contribution in [3.05, 3.63) is 39.6 Å². The number of carbonyl (C=O) groups is 4. The number of ether oxygens (including phenoxy) is 2. The number of nitrogens with zero attached hydrogens (tertiary/aromatic N) is 2. The number of amides is 4. The summed E-state index contributed by atoms with van der Waals surface area (Å²) in [5, 5.41) is 6.82. The van der Waals surface area contributed by atoms with E-state index in [9.17, 15) is 32.4 Å². The first kappa shape index (κ1) is 40.9. The fourth-order valence-corrected chi connectivity index (χ4v) is 11.7. The molecule has 6 aliphatic rings. The Labute approximate surface area is 344 Å². The molecule has 1 saturated heterocycles. The molecule has 16 heteroatoms. The predicted molar refractivity (Wildman–Crippen MR) is 217 cm³/mol. The lowest BCUT2D eigenvalue weighted by molar-refractivity contribution is -0.142. The van der Waals surface area contributed by atoms with E-state index in [1.54, 1.807) is 28.8 Å². The van der Waals surface area contributed by atoms with Crippen molar-refractivity contribution in [1.82, 2.24) is 24.8 Å². The van der Waals surface area contributed by atoms with Gasteiger partial charge in [-0.25, -0.2) is 13.2 Å². The summed E-state index contributed by atoms with van der Waals surface area (Å²) in [5.41, 5.74) is -1.68. The van der Waals surface area contributed by atoms with Gasteiger partial charge in [0.25, 0.3) is 11.5 Å². The summed E-state index contributed by atoms with van der Waals surface area (Å²) in [6.07, 6.45) is 10.4. The molecular formula is C42H56ClN5O9S. The minimum atomic E-state index is -3.88. The standard InChI is InChI=1S/C42H56ClN5O9S/c1-2-28-23-42(28,40(52)46-58(54,55)31-16-17-31)45-37(49)33-22-30-24-48(33)39(51)36(26-11-5-3-6-12-26)44-41(53)57-34-14-9-13-25(34)10-7-4-8-19-47-35(56-30)21-27-20-29(43)15-18-32(27)38(47)50/h15,18,20-21,25-26,28,30-31,33-34,36H,2-14,16-17,19,22-24H2,1H3,(H,44,53)(H,45,49)(H,46,52)/t25-,28-,30-,33+,34-,36+,42-/m1/s1. The van der Waals surface area contributed by atoms with Crippen molar-refractivity contribution >= 4 is 56.2 Å². The van der Waals surface area contributed by atoms with Crippen LogP contribution < -0.4 is 25.7 Å². The Balaban J connectivity index is 1.14. The van der Waals surface area contributed by atoms with Crippen molar-refractivity contribution in [2.24, 2.45) is 17.8 Å². The van der Waals surface area contributed by atoms with E-state index in [4.69, 9.17) is 21.1 Å². The van der Waals surface area contributed by atoms with Gasteiger partial charge < -0.3 is 25.0 Å². The number of pyridine rings is 1. The molecule has 1 aromatic carbocycles. The number of benzene rings is 1. The molecule has 2 aromatic rings. The lowest BCUT2D eigenvalue weighted by atomic mass is 9.83. The second-order valence-corrected chi connectivity index (χ2v) is 20.0. The highest BCUT2D eigenvalue weighted by Gasteiger charge is 2.62. The van der Waals surface area contributed by atoms with Gasteiger partial charge in [-0.3, -0.25) is 28.5 Å². The molecule has 7 atom stereocenters. The number of hydrogen-bond acceptors (Lipinski definition) is 9. The number of sulfonamides is 1. The van der Waals surface area contributed by atoms with Gasteiger partial charge in [0.15, 0.2) is 5.88 Å². The fourth-order valence-electron chi connectivity index (χ4n) is 10.1. The summed E-state index contributed by atoms with van der Waals surface area (Å²) < 4.78 is 42.3. The number of nitrogens with one attached hydrogen (secondary N) is 3. The molecule has 14 nitrogen and oxygen atoms in total. The zero-order valence-corrected chi connectivity index (χ0v) is 34.8. The van der Waals surface area contributed by atoms with Crippen LogP contribution in [0, 0.1) is 17.8 Å². The lowest BCUT2D eigenvalue weighted by Gasteiger charge is -2.35. The molecule has 2 aliphatic heterocycles. The molecular weight excluding hydrogens is 786 g/mol. The van der Waals surface area contributed by atoms with Gasteiger partial charge in [-0.15, -0.1) is 0 Å². The Morgan fingerprint density at radius 1 is 0.914 bits per heavy atom. The van der Waals surface area contributed by atoms with Gasteiger partial charge in [-0.1, -0.05) is 57.0 Å². The Kier molecular flexibility index (Phi) is 11.7. The van der Waals surface area contributed by atoms with Gasteiger partial charge in [0.05, 0.1) is 11.8 Å². The van der Waals surface area contributed by atoms with Crippen LogP contribution >= 0.6 is 11.6 Å². The van der Waals surface area contributed by atoms with E-state index >= 15 is 0 Å². The molecule has 2 bridgehead atoms. The second kappa shape index (κ2) is 16.7. The monoisotopic (exact) mass is 841 g/mol. The molecule has 316 valence electrons. The molecule has 58 heavy (non-hydrogen) atoms. The lowest BCUT2D eigenvalue weighted by Crippen LogP contribution is -2.59. The highest BCUT2D eigenvalue weighted by Crippen LogP contribution is 2.47. The van der Waals surface area contributed by atoms with E-state index in [-0.39, 0.29) is 48.8 Å². The first-order valence-corrected chi connectivity index (χ1v) is 23.4. The van der Waals surface area contributed by atoms with E-state index in [0.29, 0.717) is 53.9 Å². The summed E-state index contributed by atoms with van der Waals surface area (Å²) in [6.45, 7) is 2.24. The summed E-state index contributed by atoms with van der Waals surface area (Å²) >= 11 is 6.36. The number of hydrogen-bond donors (Lipinski definition) is 3. The molecule has 5 fully saturated rings. The number of halogens is 1. The minimum Gasteiger partial charge on any atom is -0.473 e. The van der Waals surface area contributed by atoms with Crippen LogP contribution in [0.25, 0.3) is 10.8 Å². The highest BCUT2D eigenvalue weighted by atomic mass is 35.5. The van der Waals surface area contributed by atoms with Crippen LogP contribution in [0.5, 0.6) is 5.88 Å². The van der Waals surface area contributed by atoms with Crippen LogP contribution in [-0.4, -0.2) is 83.3 Å². The first-order valence-electron chi connectivity index (χ1n) is 21.5. The number of alkyl carbamates (subject to hydrolysis) is 1. The topological polar surface area (TPSA) is 182 Å². The smallest absolute Gasteiger partial charge is 0.408 e. The Morgan fingerprint density at radius 3 is 2.36 bits per heavy atom. The number of fused-ring (bicyclic) bond motifs is 5. The summed E-state index contributed by atoms with van der Waals surface area (Å²) in [6, 6.07) is 4.79. The highest BCUT2D eigenvalue weighted by molar-refractivity contribution is 7.91. The van der Waals surface area contributed by atoms with E-state index < -0.39 is 62.8 Å². The van der Waals surface area contributed by atoms with Gasteiger partial charge >= 0.3 is 6.09 Å². The molecule has 4 aliphatic carbocycles. The van der Waals surface area contributed by atoms with Crippen molar-refractivity contribution in [2.75, 3.05) is 6.54 Å². The van der Waals surface area contributed by atoms with Crippen LogP contribution in [-0.2, 0) is 35.7 Å². The summed E-state index contributed by atoms with van der Waals surface area (Å²) in [5.74, 6) is -1.80. The average molecular weight is 842 g/mol. The predicted octanol–water partition coefficient (Wildman–Crippen LogP) is 5.31. The largest absolute Gasteiger partial charge is 0.473 e. The molecule has 0 spiro atoms. The Hall–Kier alpha value is -3.85. The maximum Gasteiger partial charge on any atom is 0.408 e. The third kappa shape index (κ3) is 8.44. The zero-order chi connectivity index (χ0) is 40.8. The Bertz CT molecular complexity index is 2100. The zero-order valence-electron chi connectivity index (χ0n) is 33.2. The summed E-state index contributed by atoms with van der Waals surface area (Å²) in [4.78, 5) is 72.5. The SMILES string of the molecule is CC[C@@H]1C[C@]1(NC(=O)[C@@H]1C[C@@H]2CN1C(=O)[C@H](C1CCCCC1)NC(=O)O[C@@H]1CCC[C@H]1CCCCCn1c(cc3cc(Cl)ccc3c1=O)O2)C(=O)NS(=O)(=O)C1CC1. The molecule has 4 amide bonds. The number of aromatic nitrogens is 1. The van der Waals surface area contributed by atoms with Crippen LogP contribution in [0.4, 0.5) is 4.79 Å². The molecule has 3 N–H and O–H groups in total. The van der Waals surface area contributed by atoms with E-state index in [2.05, 4.69) is 15.4 Å². The van der Waals surface area contributed by atoms with Crippen molar-refractivity contribution in [3.63, 3.8) is 0 Å². The van der Waals surface area contributed by atoms with Gasteiger partial charge in [-0.2, -0.15) is 0 Å². The molecule has 0 radical (unpaired) electrons. The Morgan fingerprint density at radius 2 is 1.64 bits per heavy atom. The van der Waals surface area contributed by atoms with Crippen molar-refractivity contribution in [1.29, 1.82) is 0 Å². The van der Waals surface area contributed by atoms with E-state index in [0.717, 1.165) is 70.6 Å². The second-order valence-electron chi connectivity index (χ2n) is 17.6. The van der Waals surface area contributed by atoms with Gasteiger partial charge in [0.1, 0.15) is 29.8 Å². The fraction of sp³-hybridized carbons (Fsp3) is 0.690. The average Bonchev–Trinajstić information content (AvgIpc) is 4.09. The van der Waals surface area contributed by atoms with Crippen molar-refractivity contribution in [2.45, 2.75) is 158 Å². The minimum absolute atomic E-state index is 0.0276. The van der Waals surface area contributed by atoms with Crippen molar-refractivity contribution < 1.29 is 37.1 Å². The van der Waals surface area contributed by atoms with E-state index in [1.165, 1.54) is 4.90 Å². The van der Waals surface area contributed by atoms with Gasteiger partial charge in [-0.05, 0) is 106 Å². The van der Waals surface area contributed by atoms with Crippen LogP contribution in [0.3, 0.4) is 0 Å². The van der Waals surface area contributed by atoms with Crippen LogP contribution in [0.1, 0.15) is 116 Å². The van der Waals surface area contributed by atoms with Gasteiger partial charge in [0.2, 0.25) is 21.8 Å². The molecule has 3 heterocycles. The normalized spacial score (nSPS) is 31.2. The quantitative estimate of drug-likeness (QED) is 0.333. The first-order chi connectivity index (χ1) is 27.9. The summed E-state index contributed by atoms with van der Waals surface area (Å²) in [7, 11) is -3.88. The van der Waals surface area contributed by atoms with Gasteiger partial charge in [0, 0.05) is 29.4 Å². The maximum absolute atomic E-state index is 15.0. The maximum atomic E-state index is 15.0. The van der Waals surface area contributed by atoms with Crippen LogP contribution in [0.15, 0.2) is 29.1 Å². The molecule has 1 aromatic heterocycles. The van der Waals surface area contributed by atoms with Crippen LogP contribution in [0.2, 0.25) is 5.02 Å². The third-order valence-corrected chi connectivity index (χ3v) is 15.7. The molecule has 8 rings (SSSR count). The van der Waals surface area contributed by atoms with E-state index in [1.807, 2.05) is 6.92 Å². The number of rotatable bonds is 7. The number of carbonyl (C=O) groups excluding carboxylic acids is 4. The molecule has 0 unspecified atom stereocenters. The third-order valence-electron chi connectivity index (χ3n) is 13.7. The molecule has 4 saturated carbocycles.